The molecule has 7 nitrogen and oxygen atoms in total. The van der Waals surface area contributed by atoms with Gasteiger partial charge in [0.05, 0.1) is 0 Å². The molecule has 0 spiro atoms. The molecular weight excluding hydrogens is 326 g/mol. The van der Waals surface area contributed by atoms with Gasteiger partial charge in [0.2, 0.25) is 0 Å². The Morgan fingerprint density at radius 1 is 1.08 bits per heavy atom. The van der Waals surface area contributed by atoms with E-state index in [0.717, 1.165) is 66.2 Å². The monoisotopic (exact) mass is 349 g/mol. The molecule has 134 valence electrons. The molecule has 1 aliphatic rings. The van der Waals surface area contributed by atoms with Gasteiger partial charge < -0.3 is 9.88 Å². The molecule has 0 amide bonds. The van der Waals surface area contributed by atoms with Crippen LogP contribution in [0.25, 0.3) is 11.5 Å². The first-order valence-corrected chi connectivity index (χ1v) is 8.99. The SMILES string of the molecule is Cc1cc(N2CCCC(c3cc(-c4ncc(C)[nH]4)nc(C)n3)C2)ncn1. The van der Waals surface area contributed by atoms with Crippen molar-refractivity contribution in [2.45, 2.75) is 39.5 Å². The number of H-pyrrole nitrogens is 1. The zero-order chi connectivity index (χ0) is 18.1. The van der Waals surface area contributed by atoms with Crippen LogP contribution in [0, 0.1) is 20.8 Å². The highest BCUT2D eigenvalue weighted by Gasteiger charge is 2.24. The summed E-state index contributed by atoms with van der Waals surface area (Å²) in [4.78, 5) is 27.9. The Hall–Kier alpha value is -2.83. The van der Waals surface area contributed by atoms with E-state index in [4.69, 9.17) is 4.98 Å². The summed E-state index contributed by atoms with van der Waals surface area (Å²) in [5.41, 5.74) is 3.96. The number of hydrogen-bond donors (Lipinski definition) is 1. The van der Waals surface area contributed by atoms with Gasteiger partial charge in [-0.1, -0.05) is 0 Å². The average Bonchev–Trinajstić information content (AvgIpc) is 3.08. The third-order valence-corrected chi connectivity index (χ3v) is 4.76. The molecule has 0 saturated carbocycles. The van der Waals surface area contributed by atoms with Gasteiger partial charge in [0, 0.05) is 48.4 Å². The minimum atomic E-state index is 0.357. The number of piperidine rings is 1. The topological polar surface area (TPSA) is 83.5 Å². The van der Waals surface area contributed by atoms with E-state index in [1.165, 1.54) is 0 Å². The largest absolute Gasteiger partial charge is 0.356 e. The van der Waals surface area contributed by atoms with Crippen molar-refractivity contribution in [3.05, 3.63) is 47.6 Å². The van der Waals surface area contributed by atoms with E-state index < -0.39 is 0 Å². The zero-order valence-electron chi connectivity index (χ0n) is 15.4. The number of nitrogens with zero attached hydrogens (tertiary/aromatic N) is 6. The predicted octanol–water partition coefficient (Wildman–Crippen LogP) is 2.97. The Kier molecular flexibility index (Phi) is 4.36. The van der Waals surface area contributed by atoms with Crippen molar-refractivity contribution in [3.63, 3.8) is 0 Å². The Bertz CT molecular complexity index is 918. The van der Waals surface area contributed by atoms with Crippen LogP contribution in [-0.2, 0) is 0 Å². The van der Waals surface area contributed by atoms with E-state index in [-0.39, 0.29) is 0 Å². The Morgan fingerprint density at radius 3 is 2.73 bits per heavy atom. The second kappa shape index (κ2) is 6.82. The summed E-state index contributed by atoms with van der Waals surface area (Å²) in [6.07, 6.45) is 5.70. The molecule has 1 atom stereocenters. The summed E-state index contributed by atoms with van der Waals surface area (Å²) < 4.78 is 0. The standard InChI is InChI=1S/C19H23N7/c1-12-7-18(22-11-21-12)26-6-4-5-15(10-26)16-8-17(25-14(3)24-16)19-20-9-13(2)23-19/h7-9,11,15H,4-6,10H2,1-3H3,(H,20,23). The van der Waals surface area contributed by atoms with Crippen molar-refractivity contribution in [3.8, 4) is 11.5 Å². The van der Waals surface area contributed by atoms with Crippen molar-refractivity contribution in [1.82, 2.24) is 29.9 Å². The smallest absolute Gasteiger partial charge is 0.156 e. The van der Waals surface area contributed by atoms with Crippen LogP contribution in [0.3, 0.4) is 0 Å². The molecule has 0 aliphatic carbocycles. The molecule has 4 rings (SSSR count). The van der Waals surface area contributed by atoms with Crippen molar-refractivity contribution in [1.29, 1.82) is 0 Å². The average molecular weight is 349 g/mol. The Morgan fingerprint density at radius 2 is 1.96 bits per heavy atom. The predicted molar refractivity (Wildman–Crippen MR) is 100 cm³/mol. The third-order valence-electron chi connectivity index (χ3n) is 4.76. The van der Waals surface area contributed by atoms with Gasteiger partial charge in [-0.3, -0.25) is 0 Å². The molecule has 3 aromatic heterocycles. The summed E-state index contributed by atoms with van der Waals surface area (Å²) in [6.45, 7) is 7.86. The molecule has 1 N–H and O–H groups in total. The second-order valence-corrected chi connectivity index (χ2v) is 6.94. The zero-order valence-corrected chi connectivity index (χ0v) is 15.4. The van der Waals surface area contributed by atoms with Crippen LogP contribution in [-0.4, -0.2) is 43.0 Å². The molecule has 7 heteroatoms. The Labute approximate surface area is 153 Å². The van der Waals surface area contributed by atoms with Crippen LogP contribution >= 0.6 is 0 Å². The molecule has 1 fully saturated rings. The van der Waals surface area contributed by atoms with Crippen LogP contribution in [0.15, 0.2) is 24.7 Å². The van der Waals surface area contributed by atoms with E-state index in [9.17, 15) is 0 Å². The lowest BCUT2D eigenvalue weighted by Gasteiger charge is -2.33. The lowest BCUT2D eigenvalue weighted by molar-refractivity contribution is 0.497. The van der Waals surface area contributed by atoms with E-state index in [1.54, 1.807) is 6.33 Å². The van der Waals surface area contributed by atoms with Crippen molar-refractivity contribution >= 4 is 5.82 Å². The molecule has 26 heavy (non-hydrogen) atoms. The van der Waals surface area contributed by atoms with Crippen LogP contribution in [0.2, 0.25) is 0 Å². The molecule has 0 radical (unpaired) electrons. The Balaban J connectivity index is 1.61. The second-order valence-electron chi connectivity index (χ2n) is 6.94. The van der Waals surface area contributed by atoms with Crippen LogP contribution in [0.1, 0.15) is 41.7 Å². The van der Waals surface area contributed by atoms with Gasteiger partial charge in [-0.2, -0.15) is 0 Å². The molecule has 1 saturated heterocycles. The fraction of sp³-hybridized carbons (Fsp3) is 0.421. The quantitative estimate of drug-likeness (QED) is 0.783. The summed E-state index contributed by atoms with van der Waals surface area (Å²) in [7, 11) is 0. The molecule has 1 aliphatic heterocycles. The minimum Gasteiger partial charge on any atom is -0.356 e. The molecule has 3 aromatic rings. The van der Waals surface area contributed by atoms with Gasteiger partial charge in [-0.15, -0.1) is 0 Å². The first-order chi connectivity index (χ1) is 12.6. The maximum atomic E-state index is 4.72. The number of aromatic amines is 1. The van der Waals surface area contributed by atoms with Gasteiger partial charge in [-0.25, -0.2) is 24.9 Å². The number of anilines is 1. The van der Waals surface area contributed by atoms with Crippen molar-refractivity contribution in [2.75, 3.05) is 18.0 Å². The highest BCUT2D eigenvalue weighted by atomic mass is 15.2. The van der Waals surface area contributed by atoms with Crippen molar-refractivity contribution < 1.29 is 0 Å². The molecule has 4 heterocycles. The maximum absolute atomic E-state index is 4.72. The molecule has 0 bridgehead atoms. The van der Waals surface area contributed by atoms with Gasteiger partial charge >= 0.3 is 0 Å². The fourth-order valence-corrected chi connectivity index (χ4v) is 3.50. The summed E-state index contributed by atoms with van der Waals surface area (Å²) in [6, 6.07) is 4.12. The molecule has 1 unspecified atom stereocenters. The fourth-order valence-electron chi connectivity index (χ4n) is 3.50. The van der Waals surface area contributed by atoms with Crippen LogP contribution in [0.5, 0.6) is 0 Å². The highest BCUT2D eigenvalue weighted by Crippen LogP contribution is 2.29. The van der Waals surface area contributed by atoms with Gasteiger partial charge in [0.25, 0.3) is 0 Å². The van der Waals surface area contributed by atoms with E-state index in [0.29, 0.717) is 5.92 Å². The number of nitrogens with one attached hydrogen (secondary N) is 1. The van der Waals surface area contributed by atoms with Crippen LogP contribution < -0.4 is 4.90 Å². The highest BCUT2D eigenvalue weighted by molar-refractivity contribution is 5.50. The van der Waals surface area contributed by atoms with Crippen molar-refractivity contribution in [2.24, 2.45) is 0 Å². The number of rotatable bonds is 3. The number of aromatic nitrogens is 6. The number of imidazole rings is 1. The lowest BCUT2D eigenvalue weighted by atomic mass is 9.94. The van der Waals surface area contributed by atoms with Gasteiger partial charge in [-0.05, 0) is 39.7 Å². The van der Waals surface area contributed by atoms with Gasteiger partial charge in [0.15, 0.2) is 5.82 Å². The van der Waals surface area contributed by atoms with Crippen LogP contribution in [0.4, 0.5) is 5.82 Å². The van der Waals surface area contributed by atoms with E-state index >= 15 is 0 Å². The minimum absolute atomic E-state index is 0.357. The molecule has 0 aromatic carbocycles. The maximum Gasteiger partial charge on any atom is 0.156 e. The summed E-state index contributed by atoms with van der Waals surface area (Å²) >= 11 is 0. The summed E-state index contributed by atoms with van der Waals surface area (Å²) in [5.74, 6) is 2.93. The normalized spacial score (nSPS) is 17.5. The number of hydrogen-bond acceptors (Lipinski definition) is 6. The first-order valence-electron chi connectivity index (χ1n) is 8.99. The lowest BCUT2D eigenvalue weighted by Crippen LogP contribution is -2.35. The number of aryl methyl sites for hydroxylation is 3. The third kappa shape index (κ3) is 3.42. The summed E-state index contributed by atoms with van der Waals surface area (Å²) in [5, 5.41) is 0. The first kappa shape index (κ1) is 16.6. The molecular formula is C19H23N7. The van der Waals surface area contributed by atoms with Gasteiger partial charge in [0.1, 0.15) is 23.7 Å². The van der Waals surface area contributed by atoms with E-state index in [2.05, 4.69) is 35.9 Å². The van der Waals surface area contributed by atoms with E-state index in [1.807, 2.05) is 33.0 Å².